The molecule has 0 saturated heterocycles. The van der Waals surface area contributed by atoms with Crippen LogP contribution in [0.5, 0.6) is 0 Å². The highest BCUT2D eigenvalue weighted by Crippen LogP contribution is 2.31. The Morgan fingerprint density at radius 3 is 2.86 bits per heavy atom. The van der Waals surface area contributed by atoms with Crippen LogP contribution in [0.1, 0.15) is 12.7 Å². The Morgan fingerprint density at radius 1 is 1.39 bits per heavy atom. The third kappa shape index (κ3) is 4.59. The summed E-state index contributed by atoms with van der Waals surface area (Å²) in [6, 6.07) is 7.86. The van der Waals surface area contributed by atoms with E-state index in [-0.39, 0.29) is 11.6 Å². The van der Waals surface area contributed by atoms with Gasteiger partial charge in [-0.25, -0.2) is 4.68 Å². The van der Waals surface area contributed by atoms with Gasteiger partial charge in [-0.3, -0.25) is 15.1 Å². The van der Waals surface area contributed by atoms with Crippen molar-refractivity contribution in [3.8, 4) is 11.3 Å². The van der Waals surface area contributed by atoms with Gasteiger partial charge in [0.25, 0.3) is 0 Å². The molecule has 0 aliphatic heterocycles. The molecule has 0 radical (unpaired) electrons. The first kappa shape index (κ1) is 20.1. The largest absolute Gasteiger partial charge is 0.433 e. The molecule has 2 heterocycles. The number of nitro groups is 1. The number of halogens is 2. The maximum Gasteiger partial charge on any atom is 0.433 e. The smallest absolute Gasteiger partial charge is 0.400 e. The van der Waals surface area contributed by atoms with E-state index < -0.39 is 4.92 Å². The maximum atomic E-state index is 10.8. The average Bonchev–Trinajstić information content (AvgIpc) is 3.27. The number of hydrogen-bond acceptors (Lipinski definition) is 6. The summed E-state index contributed by atoms with van der Waals surface area (Å²) in [6.45, 7) is 6.16. The minimum absolute atomic E-state index is 0.236. The van der Waals surface area contributed by atoms with Crippen molar-refractivity contribution >= 4 is 46.6 Å². The van der Waals surface area contributed by atoms with Crippen LogP contribution in [0.15, 0.2) is 62.4 Å². The molecule has 3 aromatic rings. The first-order valence-corrected chi connectivity index (χ1v) is 9.58. The zero-order chi connectivity index (χ0) is 20.3. The second kappa shape index (κ2) is 8.55. The van der Waals surface area contributed by atoms with Crippen molar-refractivity contribution in [3.05, 3.63) is 78.6 Å². The minimum Gasteiger partial charge on any atom is -0.400 e. The average molecular weight is 437 g/mol. The second-order valence-corrected chi connectivity index (χ2v) is 7.47. The summed E-state index contributed by atoms with van der Waals surface area (Å²) < 4.78 is 6.70. The number of rotatable bonds is 6. The Hall–Kier alpha value is -2.68. The van der Waals surface area contributed by atoms with Gasteiger partial charge in [0, 0.05) is 16.0 Å². The van der Waals surface area contributed by atoms with E-state index >= 15 is 0 Å². The molecule has 7 nitrogen and oxygen atoms in total. The molecule has 1 aromatic carbocycles. The van der Waals surface area contributed by atoms with Crippen molar-refractivity contribution < 1.29 is 9.34 Å². The monoisotopic (exact) mass is 436 g/mol. The molecular weight excluding hydrogens is 423 g/mol. The van der Waals surface area contributed by atoms with E-state index in [1.165, 1.54) is 29.7 Å². The van der Waals surface area contributed by atoms with Crippen molar-refractivity contribution in [2.24, 2.45) is 10.1 Å². The fourth-order valence-electron chi connectivity index (χ4n) is 2.23. The lowest BCUT2D eigenvalue weighted by molar-refractivity contribution is -0.402. The van der Waals surface area contributed by atoms with E-state index in [4.69, 9.17) is 27.6 Å². The van der Waals surface area contributed by atoms with Crippen LogP contribution in [0.2, 0.25) is 10.0 Å². The molecule has 0 N–H and O–H groups in total. The van der Waals surface area contributed by atoms with E-state index in [2.05, 4.69) is 16.7 Å². The van der Waals surface area contributed by atoms with E-state index in [0.717, 1.165) is 5.57 Å². The van der Waals surface area contributed by atoms with Crippen LogP contribution in [0.25, 0.3) is 11.3 Å². The zero-order valence-electron chi connectivity index (χ0n) is 14.6. The summed E-state index contributed by atoms with van der Waals surface area (Å²) >= 11 is 13.8. The van der Waals surface area contributed by atoms with Gasteiger partial charge < -0.3 is 4.42 Å². The molecule has 0 atom stereocenters. The first-order valence-electron chi connectivity index (χ1n) is 7.94. The molecule has 144 valence electrons. The summed E-state index contributed by atoms with van der Waals surface area (Å²) in [5.74, 6) is -0.124. The van der Waals surface area contributed by atoms with Gasteiger partial charge >= 0.3 is 5.88 Å². The van der Waals surface area contributed by atoms with Crippen molar-refractivity contribution in [2.75, 3.05) is 6.54 Å². The van der Waals surface area contributed by atoms with Crippen LogP contribution < -0.4 is 4.80 Å². The molecule has 0 fully saturated rings. The normalized spacial score (nSPS) is 12.0. The van der Waals surface area contributed by atoms with Crippen molar-refractivity contribution in [3.63, 3.8) is 0 Å². The van der Waals surface area contributed by atoms with Gasteiger partial charge in [0.05, 0.1) is 29.5 Å². The van der Waals surface area contributed by atoms with Gasteiger partial charge in [0.15, 0.2) is 5.76 Å². The maximum absolute atomic E-state index is 10.8. The molecule has 2 aromatic heterocycles. The van der Waals surface area contributed by atoms with Crippen molar-refractivity contribution in [1.29, 1.82) is 0 Å². The number of benzene rings is 1. The molecule has 0 amide bonds. The Labute approximate surface area is 174 Å². The molecule has 0 aliphatic rings. The van der Waals surface area contributed by atoms with Gasteiger partial charge in [-0.2, -0.15) is 5.10 Å². The molecule has 10 heteroatoms. The summed E-state index contributed by atoms with van der Waals surface area (Å²) in [4.78, 5) is 15.3. The summed E-state index contributed by atoms with van der Waals surface area (Å²) in [5.41, 5.74) is 2.26. The third-order valence-electron chi connectivity index (χ3n) is 3.47. The highest BCUT2D eigenvalue weighted by atomic mass is 35.5. The standard InChI is InChI=1S/C18H14Cl2N4O3S/c1-11(2)8-21-18-23(22-9-13-4-6-17(27-13)24(25)26)16(10-28-18)14-7-12(19)3-5-15(14)20/h3-7,9-10H,1,8H2,2H3. The van der Waals surface area contributed by atoms with E-state index in [1.54, 1.807) is 22.9 Å². The number of hydrogen-bond donors (Lipinski definition) is 0. The fourth-order valence-corrected chi connectivity index (χ4v) is 3.44. The molecule has 0 bridgehead atoms. The molecular formula is C18H14Cl2N4O3S. The SMILES string of the molecule is C=C(C)CN=c1scc(-c2cc(Cl)ccc2Cl)n1N=Cc1ccc([N+](=O)[O-])o1. The van der Waals surface area contributed by atoms with Gasteiger partial charge in [0.2, 0.25) is 4.80 Å². The predicted octanol–water partition coefficient (Wildman–Crippen LogP) is 5.38. The van der Waals surface area contributed by atoms with Crippen molar-refractivity contribution in [1.82, 2.24) is 4.68 Å². The van der Waals surface area contributed by atoms with Crippen LogP contribution in [0.4, 0.5) is 5.88 Å². The lowest BCUT2D eigenvalue weighted by atomic mass is 10.2. The fraction of sp³-hybridized carbons (Fsp3) is 0.111. The zero-order valence-corrected chi connectivity index (χ0v) is 17.0. The van der Waals surface area contributed by atoms with Crippen LogP contribution in [0, 0.1) is 10.1 Å². The minimum atomic E-state index is -0.611. The number of aromatic nitrogens is 1. The predicted molar refractivity (Wildman–Crippen MR) is 111 cm³/mol. The second-order valence-electron chi connectivity index (χ2n) is 5.79. The Balaban J connectivity index is 2.10. The van der Waals surface area contributed by atoms with E-state index in [9.17, 15) is 10.1 Å². The third-order valence-corrected chi connectivity index (χ3v) is 4.89. The van der Waals surface area contributed by atoms with E-state index in [0.29, 0.717) is 32.6 Å². The van der Waals surface area contributed by atoms with Crippen LogP contribution in [-0.4, -0.2) is 22.4 Å². The summed E-state index contributed by atoms with van der Waals surface area (Å²) in [6.07, 6.45) is 1.38. The molecule has 0 aliphatic carbocycles. The lowest BCUT2D eigenvalue weighted by Gasteiger charge is -2.06. The molecule has 0 unspecified atom stereocenters. The Kier molecular flexibility index (Phi) is 6.13. The van der Waals surface area contributed by atoms with Crippen LogP contribution >= 0.6 is 34.5 Å². The van der Waals surface area contributed by atoms with Gasteiger partial charge in [-0.15, -0.1) is 11.3 Å². The Morgan fingerprint density at radius 2 is 2.18 bits per heavy atom. The topological polar surface area (TPSA) is 85.9 Å². The Bertz CT molecular complexity index is 1140. The number of nitrogens with zero attached hydrogens (tertiary/aromatic N) is 4. The van der Waals surface area contributed by atoms with E-state index in [1.807, 2.05) is 12.3 Å². The highest BCUT2D eigenvalue weighted by Gasteiger charge is 2.13. The molecule has 28 heavy (non-hydrogen) atoms. The van der Waals surface area contributed by atoms with Gasteiger partial charge in [0.1, 0.15) is 4.92 Å². The van der Waals surface area contributed by atoms with Crippen LogP contribution in [0.3, 0.4) is 0 Å². The van der Waals surface area contributed by atoms with Gasteiger partial charge in [-0.1, -0.05) is 35.4 Å². The summed E-state index contributed by atoms with van der Waals surface area (Å²) in [7, 11) is 0. The van der Waals surface area contributed by atoms with Crippen LogP contribution in [-0.2, 0) is 0 Å². The quantitative estimate of drug-likeness (QED) is 0.224. The number of thiazole rings is 1. The summed E-state index contributed by atoms with van der Waals surface area (Å²) in [5, 5.41) is 18.1. The van der Waals surface area contributed by atoms with Crippen molar-refractivity contribution in [2.45, 2.75) is 6.92 Å². The lowest BCUT2D eigenvalue weighted by Crippen LogP contribution is -2.13. The number of furan rings is 1. The molecule has 0 spiro atoms. The molecule has 0 saturated carbocycles. The van der Waals surface area contributed by atoms with Gasteiger partial charge in [-0.05, 0) is 31.2 Å². The highest BCUT2D eigenvalue weighted by molar-refractivity contribution is 7.07. The molecule has 3 rings (SSSR count). The first-order chi connectivity index (χ1) is 13.3.